The SMILES string of the molecule is O=C(Nc1cccc(C(=O)O)c1C1=C2C=CC(O)=CC2Oc2cc(O)ccc21)c1ccc(CBr)cc1. The average Bonchev–Trinajstić information content (AvgIpc) is 2.87. The summed E-state index contributed by atoms with van der Waals surface area (Å²) in [6.45, 7) is 0. The van der Waals surface area contributed by atoms with E-state index in [-0.39, 0.29) is 17.1 Å². The van der Waals surface area contributed by atoms with Crippen LogP contribution in [0.3, 0.4) is 0 Å². The van der Waals surface area contributed by atoms with Crippen molar-refractivity contribution in [2.24, 2.45) is 0 Å². The highest BCUT2D eigenvalue weighted by atomic mass is 79.9. The zero-order valence-corrected chi connectivity index (χ0v) is 20.3. The van der Waals surface area contributed by atoms with Crippen LogP contribution >= 0.6 is 15.9 Å². The molecule has 36 heavy (non-hydrogen) atoms. The maximum atomic E-state index is 13.1. The third-order valence-electron chi connectivity index (χ3n) is 6.00. The predicted molar refractivity (Wildman–Crippen MR) is 139 cm³/mol. The maximum absolute atomic E-state index is 13.1. The summed E-state index contributed by atoms with van der Waals surface area (Å²) in [7, 11) is 0. The zero-order valence-electron chi connectivity index (χ0n) is 18.7. The number of benzene rings is 3. The van der Waals surface area contributed by atoms with E-state index in [0.717, 1.165) is 5.56 Å². The number of aromatic carboxylic acids is 1. The maximum Gasteiger partial charge on any atom is 0.336 e. The summed E-state index contributed by atoms with van der Waals surface area (Å²) in [4.78, 5) is 25.5. The molecular formula is C28H20BrNO6. The van der Waals surface area contributed by atoms with Gasteiger partial charge in [0.25, 0.3) is 5.91 Å². The lowest BCUT2D eigenvalue weighted by molar-refractivity contribution is 0.0696. The van der Waals surface area contributed by atoms with Crippen molar-refractivity contribution in [3.63, 3.8) is 0 Å². The molecule has 180 valence electrons. The van der Waals surface area contributed by atoms with Gasteiger partial charge in [-0.1, -0.05) is 40.2 Å². The summed E-state index contributed by atoms with van der Waals surface area (Å²) in [5.41, 5.74) is 3.69. The van der Waals surface area contributed by atoms with Gasteiger partial charge in [-0.2, -0.15) is 0 Å². The molecule has 8 heteroatoms. The van der Waals surface area contributed by atoms with Gasteiger partial charge in [-0.15, -0.1) is 0 Å². The number of phenols is 1. The Kier molecular flexibility index (Phi) is 6.12. The quantitative estimate of drug-likeness (QED) is 0.300. The molecule has 4 N–H and O–H groups in total. The largest absolute Gasteiger partial charge is 0.508 e. The van der Waals surface area contributed by atoms with E-state index >= 15 is 0 Å². The Morgan fingerprint density at radius 2 is 1.78 bits per heavy atom. The number of ether oxygens (including phenoxy) is 1. The summed E-state index contributed by atoms with van der Waals surface area (Å²) in [5, 5.41) is 33.7. The van der Waals surface area contributed by atoms with Crippen LogP contribution in [-0.2, 0) is 5.33 Å². The Hall–Kier alpha value is -4.30. The number of carbonyl (C=O) groups excluding carboxylic acids is 1. The van der Waals surface area contributed by atoms with Gasteiger partial charge < -0.3 is 25.4 Å². The predicted octanol–water partition coefficient (Wildman–Crippen LogP) is 5.81. The summed E-state index contributed by atoms with van der Waals surface area (Å²) in [6.07, 6.45) is 3.93. The minimum Gasteiger partial charge on any atom is -0.508 e. The second kappa shape index (κ2) is 9.39. The molecule has 1 atom stereocenters. The number of carboxylic acids is 1. The van der Waals surface area contributed by atoms with E-state index in [2.05, 4.69) is 21.2 Å². The molecule has 2 aliphatic rings. The van der Waals surface area contributed by atoms with Crippen molar-refractivity contribution in [1.29, 1.82) is 0 Å². The first-order valence-electron chi connectivity index (χ1n) is 11.0. The summed E-state index contributed by atoms with van der Waals surface area (Å²) < 4.78 is 6.01. The van der Waals surface area contributed by atoms with Crippen LogP contribution in [0.2, 0.25) is 0 Å². The molecule has 3 aromatic rings. The molecule has 7 nitrogen and oxygen atoms in total. The number of allylic oxidation sites excluding steroid dienone is 1. The third kappa shape index (κ3) is 4.27. The normalized spacial score (nSPS) is 15.9. The fourth-order valence-electron chi connectivity index (χ4n) is 4.32. The lowest BCUT2D eigenvalue weighted by Crippen LogP contribution is -2.25. The Balaban J connectivity index is 1.70. The van der Waals surface area contributed by atoms with Crippen LogP contribution in [0.1, 0.15) is 37.4 Å². The van der Waals surface area contributed by atoms with E-state index in [4.69, 9.17) is 4.74 Å². The van der Waals surface area contributed by atoms with Crippen LogP contribution < -0.4 is 10.1 Å². The summed E-state index contributed by atoms with van der Waals surface area (Å²) in [5.74, 6) is -1.27. The Morgan fingerprint density at radius 1 is 1.00 bits per heavy atom. The highest BCUT2D eigenvalue weighted by molar-refractivity contribution is 9.08. The summed E-state index contributed by atoms with van der Waals surface area (Å²) >= 11 is 3.38. The number of alkyl halides is 1. The van der Waals surface area contributed by atoms with E-state index in [9.17, 15) is 24.9 Å². The first-order chi connectivity index (χ1) is 17.4. The molecule has 0 saturated heterocycles. The monoisotopic (exact) mass is 545 g/mol. The van der Waals surface area contributed by atoms with Crippen molar-refractivity contribution in [3.05, 3.63) is 118 Å². The second-order valence-corrected chi connectivity index (χ2v) is 8.85. The number of carbonyl (C=O) groups is 2. The van der Waals surface area contributed by atoms with Gasteiger partial charge in [0.15, 0.2) is 0 Å². The molecule has 5 rings (SSSR count). The van der Waals surface area contributed by atoms with Crippen molar-refractivity contribution >= 4 is 39.1 Å². The van der Waals surface area contributed by atoms with Crippen molar-refractivity contribution in [2.75, 3.05) is 5.32 Å². The number of anilines is 1. The van der Waals surface area contributed by atoms with Crippen molar-refractivity contribution in [2.45, 2.75) is 11.4 Å². The van der Waals surface area contributed by atoms with Gasteiger partial charge in [-0.3, -0.25) is 4.79 Å². The molecule has 1 aliphatic carbocycles. The van der Waals surface area contributed by atoms with E-state index in [0.29, 0.717) is 44.6 Å². The van der Waals surface area contributed by atoms with Gasteiger partial charge >= 0.3 is 5.97 Å². The van der Waals surface area contributed by atoms with Gasteiger partial charge in [0.2, 0.25) is 0 Å². The van der Waals surface area contributed by atoms with Crippen molar-refractivity contribution in [3.8, 4) is 11.5 Å². The number of aliphatic hydroxyl groups excluding tert-OH is 1. The molecule has 0 aromatic heterocycles. The average molecular weight is 546 g/mol. The van der Waals surface area contributed by atoms with E-state index < -0.39 is 18.0 Å². The van der Waals surface area contributed by atoms with Gasteiger partial charge in [-0.05, 0) is 48.0 Å². The number of nitrogens with one attached hydrogen (secondary N) is 1. The molecule has 1 unspecified atom stereocenters. The smallest absolute Gasteiger partial charge is 0.336 e. The molecule has 0 fully saturated rings. The van der Waals surface area contributed by atoms with Crippen LogP contribution in [0, 0.1) is 0 Å². The van der Waals surface area contributed by atoms with E-state index in [1.165, 1.54) is 30.4 Å². The summed E-state index contributed by atoms with van der Waals surface area (Å²) in [6, 6.07) is 16.3. The number of hydrogen-bond donors (Lipinski definition) is 4. The Bertz CT molecular complexity index is 1490. The molecular weight excluding hydrogens is 526 g/mol. The lowest BCUT2D eigenvalue weighted by Gasteiger charge is -2.31. The van der Waals surface area contributed by atoms with Gasteiger partial charge in [0.1, 0.15) is 23.4 Å². The molecule has 0 saturated carbocycles. The molecule has 1 heterocycles. The minimum absolute atomic E-state index is 0.00123. The Labute approximate surface area is 214 Å². The lowest BCUT2D eigenvalue weighted by atomic mass is 9.83. The fraction of sp³-hybridized carbons (Fsp3) is 0.0714. The number of halogens is 1. The molecule has 0 radical (unpaired) electrons. The van der Waals surface area contributed by atoms with Crippen LogP contribution in [0.4, 0.5) is 5.69 Å². The number of amides is 1. The molecule has 1 aliphatic heterocycles. The van der Waals surface area contributed by atoms with Gasteiger partial charge in [-0.25, -0.2) is 4.79 Å². The van der Waals surface area contributed by atoms with Crippen LogP contribution in [-0.4, -0.2) is 33.3 Å². The number of fused-ring (bicyclic) bond motifs is 2. The number of aromatic hydroxyl groups is 1. The van der Waals surface area contributed by atoms with Crippen LogP contribution in [0.15, 0.2) is 90.2 Å². The minimum atomic E-state index is -1.17. The van der Waals surface area contributed by atoms with Crippen molar-refractivity contribution in [1.82, 2.24) is 0 Å². The van der Waals surface area contributed by atoms with Gasteiger partial charge in [0, 0.05) is 51.0 Å². The Morgan fingerprint density at radius 3 is 2.50 bits per heavy atom. The molecule has 0 spiro atoms. The highest BCUT2D eigenvalue weighted by Gasteiger charge is 2.33. The molecule has 1 amide bonds. The topological polar surface area (TPSA) is 116 Å². The van der Waals surface area contributed by atoms with Gasteiger partial charge in [0.05, 0.1) is 5.56 Å². The number of hydrogen-bond acceptors (Lipinski definition) is 5. The molecule has 3 aromatic carbocycles. The number of rotatable bonds is 5. The number of carboxylic acid groups (broad SMARTS) is 1. The van der Waals surface area contributed by atoms with E-state index in [1.54, 1.807) is 36.4 Å². The second-order valence-electron chi connectivity index (χ2n) is 8.29. The first-order valence-corrected chi connectivity index (χ1v) is 12.1. The van der Waals surface area contributed by atoms with E-state index in [1.807, 2.05) is 12.1 Å². The zero-order chi connectivity index (χ0) is 25.4. The van der Waals surface area contributed by atoms with Crippen LogP contribution in [0.25, 0.3) is 5.57 Å². The highest BCUT2D eigenvalue weighted by Crippen LogP contribution is 2.46. The molecule has 0 bridgehead atoms. The first kappa shape index (κ1) is 23.4. The fourth-order valence-corrected chi connectivity index (χ4v) is 4.70. The third-order valence-corrected chi connectivity index (χ3v) is 6.65. The van der Waals surface area contributed by atoms with Crippen molar-refractivity contribution < 1.29 is 29.6 Å². The van der Waals surface area contributed by atoms with Crippen LogP contribution in [0.5, 0.6) is 11.5 Å². The standard InChI is InChI=1S/C28H20BrNO6/c29-14-15-4-6-16(7-5-15)27(33)30-22-3-1-2-21(28(34)35)26(22)25-19-10-8-17(31)12-23(19)36-24-13-18(32)9-11-20(24)25/h1-13,23,31-32H,14H2,(H,30,33)(H,34,35). The number of aliphatic hydroxyl groups is 1. The number of phenolic OH excluding ortho intramolecular Hbond substituents is 1.